The molecule has 0 N–H and O–H groups in total. The van der Waals surface area contributed by atoms with E-state index in [4.69, 9.17) is 13.9 Å². The SMILES string of the molecule is Cc1ccc(CN2CCC3(CCOC[C@@H]3COc3cnccn3)CC2)o1. The second-order valence-electron chi connectivity index (χ2n) is 7.53. The van der Waals surface area contributed by atoms with Crippen molar-refractivity contribution in [2.75, 3.05) is 32.9 Å². The van der Waals surface area contributed by atoms with Crippen LogP contribution in [0.15, 0.2) is 35.1 Å². The number of hydrogen-bond acceptors (Lipinski definition) is 6. The standard InChI is InChI=1S/C20H27N3O3/c1-16-2-3-18(26-16)13-23-9-4-20(5-10-23)6-11-24-14-17(20)15-25-19-12-21-7-8-22-19/h2-3,7-8,12,17H,4-6,9-11,13-15H2,1H3/t17-/m1/s1. The molecule has 4 heterocycles. The highest BCUT2D eigenvalue weighted by molar-refractivity contribution is 5.06. The van der Waals surface area contributed by atoms with Crippen molar-refractivity contribution < 1.29 is 13.9 Å². The van der Waals surface area contributed by atoms with Gasteiger partial charge in [0.25, 0.3) is 0 Å². The van der Waals surface area contributed by atoms with E-state index in [1.54, 1.807) is 18.6 Å². The number of hydrogen-bond donors (Lipinski definition) is 0. The lowest BCUT2D eigenvalue weighted by Gasteiger charge is -2.48. The average molecular weight is 357 g/mol. The van der Waals surface area contributed by atoms with Gasteiger partial charge in [0.1, 0.15) is 11.5 Å². The van der Waals surface area contributed by atoms with E-state index in [2.05, 4.69) is 20.9 Å². The van der Waals surface area contributed by atoms with Gasteiger partial charge >= 0.3 is 0 Å². The van der Waals surface area contributed by atoms with E-state index in [-0.39, 0.29) is 0 Å². The molecule has 2 saturated heterocycles. The summed E-state index contributed by atoms with van der Waals surface area (Å²) >= 11 is 0. The number of furan rings is 1. The summed E-state index contributed by atoms with van der Waals surface area (Å²) in [6, 6.07) is 4.13. The second kappa shape index (κ2) is 7.76. The summed E-state index contributed by atoms with van der Waals surface area (Å²) in [6.45, 7) is 7.38. The first-order chi connectivity index (χ1) is 12.7. The van der Waals surface area contributed by atoms with Gasteiger partial charge < -0.3 is 13.9 Å². The number of likely N-dealkylation sites (tertiary alicyclic amines) is 1. The van der Waals surface area contributed by atoms with Crippen LogP contribution in [0.4, 0.5) is 0 Å². The highest BCUT2D eigenvalue weighted by Crippen LogP contribution is 2.45. The Hall–Kier alpha value is -1.92. The summed E-state index contributed by atoms with van der Waals surface area (Å²) in [5.41, 5.74) is 0.316. The van der Waals surface area contributed by atoms with E-state index in [9.17, 15) is 0 Å². The molecule has 2 aliphatic heterocycles. The molecule has 0 saturated carbocycles. The summed E-state index contributed by atoms with van der Waals surface area (Å²) in [6.07, 6.45) is 8.49. The predicted octanol–water partition coefficient (Wildman–Crippen LogP) is 3.08. The van der Waals surface area contributed by atoms with E-state index >= 15 is 0 Å². The molecule has 26 heavy (non-hydrogen) atoms. The van der Waals surface area contributed by atoms with Crippen LogP contribution in [-0.4, -0.2) is 47.8 Å². The van der Waals surface area contributed by atoms with Crippen molar-refractivity contribution in [3.05, 3.63) is 42.2 Å². The molecule has 2 aliphatic rings. The Morgan fingerprint density at radius 1 is 1.23 bits per heavy atom. The molecule has 4 rings (SSSR count). The molecule has 1 spiro atoms. The van der Waals surface area contributed by atoms with Crippen LogP contribution in [0.3, 0.4) is 0 Å². The van der Waals surface area contributed by atoms with E-state index in [0.29, 0.717) is 23.8 Å². The summed E-state index contributed by atoms with van der Waals surface area (Å²) < 4.78 is 17.4. The van der Waals surface area contributed by atoms with Crippen molar-refractivity contribution in [3.63, 3.8) is 0 Å². The molecule has 1 atom stereocenters. The van der Waals surface area contributed by atoms with Gasteiger partial charge in [-0.15, -0.1) is 0 Å². The fourth-order valence-corrected chi connectivity index (χ4v) is 4.26. The lowest BCUT2D eigenvalue weighted by molar-refractivity contribution is -0.0872. The molecule has 0 radical (unpaired) electrons. The molecule has 0 bridgehead atoms. The van der Waals surface area contributed by atoms with Crippen LogP contribution in [0.25, 0.3) is 0 Å². The summed E-state index contributed by atoms with van der Waals surface area (Å²) in [7, 11) is 0. The van der Waals surface area contributed by atoms with Crippen LogP contribution in [0.2, 0.25) is 0 Å². The zero-order chi connectivity index (χ0) is 17.8. The molecule has 0 aliphatic carbocycles. The second-order valence-corrected chi connectivity index (χ2v) is 7.53. The van der Waals surface area contributed by atoms with Gasteiger partial charge in [0.2, 0.25) is 5.88 Å². The van der Waals surface area contributed by atoms with Crippen molar-refractivity contribution in [2.45, 2.75) is 32.7 Å². The number of aryl methyl sites for hydroxylation is 1. The van der Waals surface area contributed by atoms with Gasteiger partial charge in [-0.25, -0.2) is 4.98 Å². The smallest absolute Gasteiger partial charge is 0.232 e. The van der Waals surface area contributed by atoms with Crippen LogP contribution < -0.4 is 4.74 Å². The van der Waals surface area contributed by atoms with Gasteiger partial charge in [-0.2, -0.15) is 0 Å². The third-order valence-corrected chi connectivity index (χ3v) is 5.93. The number of ether oxygens (including phenoxy) is 2. The van der Waals surface area contributed by atoms with Crippen molar-refractivity contribution in [1.29, 1.82) is 0 Å². The summed E-state index contributed by atoms with van der Waals surface area (Å²) in [5, 5.41) is 0. The van der Waals surface area contributed by atoms with E-state index in [1.807, 2.05) is 13.0 Å². The lowest BCUT2D eigenvalue weighted by Crippen LogP contribution is -2.49. The van der Waals surface area contributed by atoms with Crippen LogP contribution in [0, 0.1) is 18.3 Å². The van der Waals surface area contributed by atoms with Gasteiger partial charge in [0, 0.05) is 24.9 Å². The van der Waals surface area contributed by atoms with Gasteiger partial charge in [0.15, 0.2) is 0 Å². The lowest BCUT2D eigenvalue weighted by atomic mass is 9.66. The molecule has 2 aromatic heterocycles. The molecule has 6 heteroatoms. The van der Waals surface area contributed by atoms with E-state index in [1.165, 1.54) is 12.8 Å². The monoisotopic (exact) mass is 357 g/mol. The van der Waals surface area contributed by atoms with Gasteiger partial charge in [-0.1, -0.05) is 0 Å². The summed E-state index contributed by atoms with van der Waals surface area (Å²) in [5.74, 6) is 3.05. The van der Waals surface area contributed by atoms with Gasteiger partial charge in [-0.05, 0) is 56.8 Å². The molecule has 0 amide bonds. The summed E-state index contributed by atoms with van der Waals surface area (Å²) in [4.78, 5) is 10.8. The zero-order valence-electron chi connectivity index (χ0n) is 15.4. The minimum Gasteiger partial charge on any atom is -0.476 e. The maximum atomic E-state index is 5.92. The third kappa shape index (κ3) is 3.91. The van der Waals surface area contributed by atoms with Gasteiger partial charge in [-0.3, -0.25) is 9.88 Å². The molecule has 0 aromatic carbocycles. The minimum atomic E-state index is 0.316. The first-order valence-electron chi connectivity index (χ1n) is 9.48. The van der Waals surface area contributed by atoms with Crippen molar-refractivity contribution in [1.82, 2.24) is 14.9 Å². The Balaban J connectivity index is 1.35. The zero-order valence-corrected chi connectivity index (χ0v) is 15.4. The number of nitrogens with zero attached hydrogens (tertiary/aromatic N) is 3. The third-order valence-electron chi connectivity index (χ3n) is 5.93. The van der Waals surface area contributed by atoms with E-state index in [0.717, 1.165) is 50.8 Å². The van der Waals surface area contributed by atoms with Crippen molar-refractivity contribution in [3.8, 4) is 5.88 Å². The number of piperidine rings is 1. The highest BCUT2D eigenvalue weighted by Gasteiger charge is 2.43. The Morgan fingerprint density at radius 2 is 2.12 bits per heavy atom. The largest absolute Gasteiger partial charge is 0.476 e. The first kappa shape index (κ1) is 17.5. The maximum absolute atomic E-state index is 5.92. The normalized spacial score (nSPS) is 23.2. The molecular weight excluding hydrogens is 330 g/mol. The van der Waals surface area contributed by atoms with Crippen molar-refractivity contribution >= 4 is 0 Å². The van der Waals surface area contributed by atoms with E-state index < -0.39 is 0 Å². The average Bonchev–Trinajstić information content (AvgIpc) is 3.09. The Labute approximate surface area is 154 Å². The van der Waals surface area contributed by atoms with Crippen LogP contribution in [0.5, 0.6) is 5.88 Å². The molecule has 2 aromatic rings. The van der Waals surface area contributed by atoms with Crippen LogP contribution in [-0.2, 0) is 11.3 Å². The van der Waals surface area contributed by atoms with Crippen molar-refractivity contribution in [2.24, 2.45) is 11.3 Å². The fraction of sp³-hybridized carbons (Fsp3) is 0.600. The topological polar surface area (TPSA) is 60.6 Å². The molecule has 0 unspecified atom stereocenters. The minimum absolute atomic E-state index is 0.316. The molecule has 6 nitrogen and oxygen atoms in total. The molecular formula is C20H27N3O3. The Bertz CT molecular complexity index is 695. The predicted molar refractivity (Wildman–Crippen MR) is 96.8 cm³/mol. The quantitative estimate of drug-likeness (QED) is 0.820. The molecule has 140 valence electrons. The number of rotatable bonds is 5. The van der Waals surface area contributed by atoms with Gasteiger partial charge in [0.05, 0.1) is 26.0 Å². The molecule has 2 fully saturated rings. The van der Waals surface area contributed by atoms with Crippen LogP contribution in [0.1, 0.15) is 30.8 Å². The number of aromatic nitrogens is 2. The first-order valence-corrected chi connectivity index (χ1v) is 9.48. The Kier molecular flexibility index (Phi) is 5.22. The Morgan fingerprint density at radius 3 is 2.85 bits per heavy atom. The maximum Gasteiger partial charge on any atom is 0.232 e. The fourth-order valence-electron chi connectivity index (χ4n) is 4.26. The highest BCUT2D eigenvalue weighted by atomic mass is 16.5. The van der Waals surface area contributed by atoms with Crippen LogP contribution >= 0.6 is 0 Å².